The Labute approximate surface area is 147 Å². The van der Waals surface area contributed by atoms with Gasteiger partial charge in [-0.25, -0.2) is 0 Å². The van der Waals surface area contributed by atoms with Crippen LogP contribution >= 0.6 is 15.9 Å². The summed E-state index contributed by atoms with van der Waals surface area (Å²) in [5.41, 5.74) is 1.16. The molecule has 2 aromatic rings. The summed E-state index contributed by atoms with van der Waals surface area (Å²) in [6, 6.07) is 15.5. The van der Waals surface area contributed by atoms with Crippen LogP contribution < -0.4 is 15.4 Å². The number of nitriles is 1. The molecule has 0 fully saturated rings. The maximum absolute atomic E-state index is 11.7. The minimum absolute atomic E-state index is 0.147. The quantitative estimate of drug-likeness (QED) is 0.796. The van der Waals surface area contributed by atoms with Gasteiger partial charge < -0.3 is 15.4 Å². The average molecular weight is 388 g/mol. The van der Waals surface area contributed by atoms with Crippen molar-refractivity contribution in [3.63, 3.8) is 0 Å². The number of benzene rings is 2. The molecular weight excluding hydrogens is 374 g/mol. The van der Waals surface area contributed by atoms with E-state index in [1.165, 1.54) is 0 Å². The first kappa shape index (κ1) is 17.5. The van der Waals surface area contributed by atoms with Gasteiger partial charge >= 0.3 is 0 Å². The lowest BCUT2D eigenvalue weighted by Crippen LogP contribution is -2.35. The largest absolute Gasteiger partial charge is 0.484 e. The van der Waals surface area contributed by atoms with Crippen LogP contribution in [0.5, 0.6) is 5.75 Å². The van der Waals surface area contributed by atoms with E-state index in [0.29, 0.717) is 17.0 Å². The van der Waals surface area contributed by atoms with E-state index in [4.69, 9.17) is 10.00 Å². The fourth-order valence-electron chi connectivity index (χ4n) is 1.74. The van der Waals surface area contributed by atoms with E-state index in [-0.39, 0.29) is 19.1 Å². The molecular formula is C17H14BrN3O3. The van der Waals surface area contributed by atoms with Gasteiger partial charge in [0.2, 0.25) is 5.91 Å². The number of ether oxygens (including phenoxy) is 1. The lowest BCUT2D eigenvalue weighted by Gasteiger charge is -2.08. The summed E-state index contributed by atoms with van der Waals surface area (Å²) in [7, 11) is 0. The van der Waals surface area contributed by atoms with Crippen LogP contribution in [0.2, 0.25) is 0 Å². The van der Waals surface area contributed by atoms with E-state index in [0.717, 1.165) is 4.47 Å². The summed E-state index contributed by atoms with van der Waals surface area (Å²) in [6.45, 7) is -0.358. The lowest BCUT2D eigenvalue weighted by molar-refractivity contribution is -0.125. The molecule has 0 radical (unpaired) electrons. The van der Waals surface area contributed by atoms with Crippen molar-refractivity contribution >= 4 is 33.4 Å². The Morgan fingerprint density at radius 3 is 2.33 bits per heavy atom. The molecule has 0 aliphatic rings. The number of carbonyl (C=O) groups is 2. The predicted octanol–water partition coefficient (Wildman–Crippen LogP) is 2.45. The highest BCUT2D eigenvalue weighted by Crippen LogP contribution is 2.14. The molecule has 2 N–H and O–H groups in total. The Kier molecular flexibility index (Phi) is 6.34. The third kappa shape index (κ3) is 5.74. The molecule has 0 atom stereocenters. The number of anilines is 1. The van der Waals surface area contributed by atoms with Gasteiger partial charge in [-0.2, -0.15) is 5.26 Å². The number of nitrogens with one attached hydrogen (secondary N) is 2. The van der Waals surface area contributed by atoms with Gasteiger partial charge in [0.15, 0.2) is 6.61 Å². The Morgan fingerprint density at radius 2 is 1.71 bits per heavy atom. The summed E-state index contributed by atoms with van der Waals surface area (Å²) in [6.07, 6.45) is 0. The second-order valence-corrected chi connectivity index (χ2v) is 5.67. The van der Waals surface area contributed by atoms with Crippen molar-refractivity contribution in [2.45, 2.75) is 0 Å². The molecule has 24 heavy (non-hydrogen) atoms. The highest BCUT2D eigenvalue weighted by atomic mass is 79.9. The first-order chi connectivity index (χ1) is 11.6. The van der Waals surface area contributed by atoms with Gasteiger partial charge in [-0.1, -0.05) is 15.9 Å². The molecule has 2 aromatic carbocycles. The zero-order valence-corrected chi connectivity index (χ0v) is 14.2. The molecule has 2 rings (SSSR count). The highest BCUT2D eigenvalue weighted by molar-refractivity contribution is 9.10. The number of hydrogen-bond acceptors (Lipinski definition) is 4. The van der Waals surface area contributed by atoms with Gasteiger partial charge in [-0.15, -0.1) is 0 Å². The van der Waals surface area contributed by atoms with Gasteiger partial charge in [0.25, 0.3) is 5.91 Å². The average Bonchev–Trinajstić information content (AvgIpc) is 2.60. The topological polar surface area (TPSA) is 91.2 Å². The molecule has 0 heterocycles. The standard InChI is InChI=1S/C17H14BrN3O3/c18-13-3-5-14(6-4-13)21-16(22)10-20-17(23)11-24-15-7-1-12(9-19)2-8-15/h1-8H,10-11H2,(H,20,23)(H,21,22). The Hall–Kier alpha value is -2.85. The molecule has 122 valence electrons. The van der Waals surface area contributed by atoms with Crippen LogP contribution in [0.1, 0.15) is 5.56 Å². The van der Waals surface area contributed by atoms with Crippen molar-refractivity contribution in [3.05, 3.63) is 58.6 Å². The van der Waals surface area contributed by atoms with Gasteiger partial charge in [-0.3, -0.25) is 9.59 Å². The van der Waals surface area contributed by atoms with Crippen molar-refractivity contribution < 1.29 is 14.3 Å². The normalized spacial score (nSPS) is 9.67. The van der Waals surface area contributed by atoms with E-state index >= 15 is 0 Å². The molecule has 0 bridgehead atoms. The molecule has 2 amide bonds. The van der Waals surface area contributed by atoms with Gasteiger partial charge in [0.05, 0.1) is 18.2 Å². The number of amides is 2. The summed E-state index contributed by atoms with van der Waals surface area (Å²) in [4.78, 5) is 23.4. The minimum Gasteiger partial charge on any atom is -0.484 e. The molecule has 0 saturated carbocycles. The Morgan fingerprint density at radius 1 is 1.04 bits per heavy atom. The van der Waals surface area contributed by atoms with Crippen LogP contribution in [0, 0.1) is 11.3 Å². The van der Waals surface area contributed by atoms with Crippen LogP contribution in [-0.4, -0.2) is 25.0 Å². The Bertz CT molecular complexity index is 752. The molecule has 0 spiro atoms. The number of hydrogen-bond donors (Lipinski definition) is 2. The first-order valence-electron chi connectivity index (χ1n) is 7.02. The van der Waals surface area contributed by atoms with E-state index in [1.807, 2.05) is 6.07 Å². The monoisotopic (exact) mass is 387 g/mol. The van der Waals surface area contributed by atoms with Gasteiger partial charge in [0.1, 0.15) is 5.75 Å². The summed E-state index contributed by atoms with van der Waals surface area (Å²) in [5, 5.41) is 13.8. The number of halogens is 1. The summed E-state index contributed by atoms with van der Waals surface area (Å²) in [5.74, 6) is -0.266. The second-order valence-electron chi connectivity index (χ2n) is 4.76. The zero-order chi connectivity index (χ0) is 17.4. The Balaban J connectivity index is 1.71. The van der Waals surface area contributed by atoms with Crippen molar-refractivity contribution in [2.75, 3.05) is 18.5 Å². The summed E-state index contributed by atoms with van der Waals surface area (Å²) >= 11 is 3.31. The number of nitrogens with zero attached hydrogens (tertiary/aromatic N) is 1. The van der Waals surface area contributed by atoms with Crippen LogP contribution in [-0.2, 0) is 9.59 Å². The predicted molar refractivity (Wildman–Crippen MR) is 92.4 cm³/mol. The highest BCUT2D eigenvalue weighted by Gasteiger charge is 2.07. The SMILES string of the molecule is N#Cc1ccc(OCC(=O)NCC(=O)Nc2ccc(Br)cc2)cc1. The molecule has 0 aliphatic carbocycles. The fraction of sp³-hybridized carbons (Fsp3) is 0.118. The first-order valence-corrected chi connectivity index (χ1v) is 7.81. The minimum atomic E-state index is -0.412. The van der Waals surface area contributed by atoms with E-state index in [1.54, 1.807) is 48.5 Å². The van der Waals surface area contributed by atoms with Crippen LogP contribution in [0.4, 0.5) is 5.69 Å². The van der Waals surface area contributed by atoms with Crippen LogP contribution in [0.3, 0.4) is 0 Å². The molecule has 0 unspecified atom stereocenters. The second kappa shape index (κ2) is 8.70. The smallest absolute Gasteiger partial charge is 0.258 e. The summed E-state index contributed by atoms with van der Waals surface area (Å²) < 4.78 is 6.18. The van der Waals surface area contributed by atoms with Crippen molar-refractivity contribution in [1.82, 2.24) is 5.32 Å². The fourth-order valence-corrected chi connectivity index (χ4v) is 2.01. The molecule has 0 saturated heterocycles. The van der Waals surface area contributed by atoms with Crippen molar-refractivity contribution in [2.24, 2.45) is 0 Å². The number of carbonyl (C=O) groups excluding carboxylic acids is 2. The third-order valence-electron chi connectivity index (χ3n) is 2.93. The van der Waals surface area contributed by atoms with Crippen LogP contribution in [0.25, 0.3) is 0 Å². The molecule has 6 nitrogen and oxygen atoms in total. The molecule has 0 aromatic heterocycles. The van der Waals surface area contributed by atoms with Crippen molar-refractivity contribution in [3.8, 4) is 11.8 Å². The molecule has 7 heteroatoms. The van der Waals surface area contributed by atoms with E-state index in [9.17, 15) is 9.59 Å². The maximum atomic E-state index is 11.7. The van der Waals surface area contributed by atoms with Crippen molar-refractivity contribution in [1.29, 1.82) is 5.26 Å². The van der Waals surface area contributed by atoms with Crippen LogP contribution in [0.15, 0.2) is 53.0 Å². The van der Waals surface area contributed by atoms with Gasteiger partial charge in [-0.05, 0) is 48.5 Å². The molecule has 0 aliphatic heterocycles. The number of rotatable bonds is 6. The van der Waals surface area contributed by atoms with E-state index in [2.05, 4.69) is 26.6 Å². The zero-order valence-electron chi connectivity index (χ0n) is 12.6. The maximum Gasteiger partial charge on any atom is 0.258 e. The van der Waals surface area contributed by atoms with Gasteiger partial charge in [0, 0.05) is 10.2 Å². The van der Waals surface area contributed by atoms with E-state index < -0.39 is 5.91 Å². The third-order valence-corrected chi connectivity index (χ3v) is 3.46. The lowest BCUT2D eigenvalue weighted by atomic mass is 10.2.